The van der Waals surface area contributed by atoms with E-state index in [-0.39, 0.29) is 23.2 Å². The van der Waals surface area contributed by atoms with Gasteiger partial charge in [-0.3, -0.25) is 9.59 Å². The number of aromatic nitrogens is 2. The first-order valence-electron chi connectivity index (χ1n) is 5.68. The minimum Gasteiger partial charge on any atom is -0.344 e. The van der Waals surface area contributed by atoms with Gasteiger partial charge >= 0.3 is 0 Å². The van der Waals surface area contributed by atoms with Gasteiger partial charge in [-0.25, -0.2) is 5.10 Å². The molecular weight excluding hydrogens is 266 g/mol. The first kappa shape index (κ1) is 13.3. The van der Waals surface area contributed by atoms with Crippen molar-refractivity contribution in [2.45, 2.75) is 13.0 Å². The first-order chi connectivity index (χ1) is 9.06. The zero-order chi connectivity index (χ0) is 13.8. The Kier molecular flexibility index (Phi) is 3.97. The molecule has 6 heteroatoms. The Morgan fingerprint density at radius 1 is 1.26 bits per heavy atom. The van der Waals surface area contributed by atoms with Gasteiger partial charge in [-0.1, -0.05) is 23.7 Å². The van der Waals surface area contributed by atoms with Crippen LogP contribution in [-0.4, -0.2) is 16.1 Å². The van der Waals surface area contributed by atoms with Crippen LogP contribution in [0.3, 0.4) is 0 Å². The van der Waals surface area contributed by atoms with Crippen molar-refractivity contribution in [3.63, 3.8) is 0 Å². The lowest BCUT2D eigenvalue weighted by atomic mass is 10.1. The molecule has 2 N–H and O–H groups in total. The molecule has 0 aliphatic rings. The number of aromatic amines is 1. The van der Waals surface area contributed by atoms with Gasteiger partial charge in [-0.2, -0.15) is 5.10 Å². The standard InChI is InChI=1S/C13H12ClN3O2/c1-8(9-2-4-10(14)5-3-9)15-13(19)11-6-7-12(18)17-16-11/h2-8H,1H3,(H,15,19)(H,17,18)/t8-/m1/s1. The highest BCUT2D eigenvalue weighted by molar-refractivity contribution is 6.30. The molecule has 1 aromatic heterocycles. The van der Waals surface area contributed by atoms with Gasteiger partial charge in [0.1, 0.15) is 5.69 Å². The van der Waals surface area contributed by atoms with E-state index in [9.17, 15) is 9.59 Å². The third kappa shape index (κ3) is 3.42. The minimum absolute atomic E-state index is 0.167. The molecular formula is C13H12ClN3O2. The van der Waals surface area contributed by atoms with Crippen LogP contribution in [-0.2, 0) is 0 Å². The molecule has 0 saturated carbocycles. The molecule has 1 amide bonds. The number of hydrogen-bond acceptors (Lipinski definition) is 3. The minimum atomic E-state index is -0.348. The summed E-state index contributed by atoms with van der Waals surface area (Å²) >= 11 is 5.80. The van der Waals surface area contributed by atoms with E-state index in [1.54, 1.807) is 12.1 Å². The lowest BCUT2D eigenvalue weighted by Gasteiger charge is -2.13. The highest BCUT2D eigenvalue weighted by atomic mass is 35.5. The van der Waals surface area contributed by atoms with Gasteiger partial charge in [0.2, 0.25) is 0 Å². The Morgan fingerprint density at radius 2 is 1.95 bits per heavy atom. The molecule has 0 fully saturated rings. The van der Waals surface area contributed by atoms with E-state index in [4.69, 9.17) is 11.6 Å². The predicted octanol–water partition coefficient (Wildman–Crippen LogP) is 1.91. The maximum absolute atomic E-state index is 11.9. The smallest absolute Gasteiger partial charge is 0.272 e. The van der Waals surface area contributed by atoms with Crippen molar-refractivity contribution >= 4 is 17.5 Å². The van der Waals surface area contributed by atoms with Gasteiger partial charge in [0.15, 0.2) is 0 Å². The fraction of sp³-hybridized carbons (Fsp3) is 0.154. The number of nitrogens with one attached hydrogen (secondary N) is 2. The van der Waals surface area contributed by atoms with Crippen LogP contribution in [0.5, 0.6) is 0 Å². The number of nitrogens with zero attached hydrogens (tertiary/aromatic N) is 1. The summed E-state index contributed by atoms with van der Waals surface area (Å²) in [7, 11) is 0. The van der Waals surface area contributed by atoms with Crippen LogP contribution in [0.25, 0.3) is 0 Å². The summed E-state index contributed by atoms with van der Waals surface area (Å²) < 4.78 is 0. The van der Waals surface area contributed by atoms with E-state index >= 15 is 0 Å². The summed E-state index contributed by atoms with van der Waals surface area (Å²) in [4.78, 5) is 22.7. The van der Waals surface area contributed by atoms with Gasteiger partial charge in [-0.15, -0.1) is 0 Å². The Labute approximate surface area is 114 Å². The number of carbonyl (C=O) groups is 1. The molecule has 2 rings (SSSR count). The quantitative estimate of drug-likeness (QED) is 0.900. The van der Waals surface area contributed by atoms with E-state index in [2.05, 4.69) is 15.5 Å². The van der Waals surface area contributed by atoms with Crippen LogP contribution < -0.4 is 10.9 Å². The first-order valence-corrected chi connectivity index (χ1v) is 6.06. The molecule has 0 saturated heterocycles. The van der Waals surface area contributed by atoms with Gasteiger partial charge in [0.05, 0.1) is 6.04 Å². The summed E-state index contributed by atoms with van der Waals surface area (Å²) in [6, 6.07) is 9.66. The van der Waals surface area contributed by atoms with Crippen molar-refractivity contribution in [2.24, 2.45) is 0 Å². The van der Waals surface area contributed by atoms with Crippen molar-refractivity contribution in [3.05, 3.63) is 63.0 Å². The molecule has 5 nitrogen and oxygen atoms in total. The molecule has 0 unspecified atom stereocenters. The van der Waals surface area contributed by atoms with E-state index in [1.165, 1.54) is 12.1 Å². The molecule has 1 heterocycles. The number of amides is 1. The number of H-pyrrole nitrogens is 1. The molecule has 98 valence electrons. The van der Waals surface area contributed by atoms with Crippen molar-refractivity contribution in [2.75, 3.05) is 0 Å². The molecule has 0 aliphatic heterocycles. The molecule has 0 radical (unpaired) electrons. The Morgan fingerprint density at radius 3 is 2.53 bits per heavy atom. The zero-order valence-electron chi connectivity index (χ0n) is 10.2. The highest BCUT2D eigenvalue weighted by Gasteiger charge is 2.12. The number of benzene rings is 1. The molecule has 0 bridgehead atoms. The van der Waals surface area contributed by atoms with Gasteiger partial charge in [-0.05, 0) is 30.7 Å². The van der Waals surface area contributed by atoms with Crippen LogP contribution in [0.4, 0.5) is 0 Å². The summed E-state index contributed by atoms with van der Waals surface area (Å²) in [5.74, 6) is -0.348. The monoisotopic (exact) mass is 277 g/mol. The fourth-order valence-corrected chi connectivity index (χ4v) is 1.70. The third-order valence-corrected chi connectivity index (χ3v) is 2.88. The summed E-state index contributed by atoms with van der Waals surface area (Å²) in [6.07, 6.45) is 0. The van der Waals surface area contributed by atoms with Crippen LogP contribution in [0.1, 0.15) is 29.0 Å². The predicted molar refractivity (Wildman–Crippen MR) is 72.2 cm³/mol. The van der Waals surface area contributed by atoms with E-state index < -0.39 is 0 Å². The van der Waals surface area contributed by atoms with Crippen molar-refractivity contribution in [3.8, 4) is 0 Å². The van der Waals surface area contributed by atoms with E-state index in [0.29, 0.717) is 5.02 Å². The SMILES string of the molecule is C[C@@H](NC(=O)c1ccc(=O)[nH]n1)c1ccc(Cl)cc1. The molecule has 1 aromatic carbocycles. The fourth-order valence-electron chi connectivity index (χ4n) is 1.58. The van der Waals surface area contributed by atoms with Crippen LogP contribution in [0, 0.1) is 0 Å². The second kappa shape index (κ2) is 5.67. The Balaban J connectivity index is 2.08. The lowest BCUT2D eigenvalue weighted by Crippen LogP contribution is -2.28. The second-order valence-electron chi connectivity index (χ2n) is 4.05. The van der Waals surface area contributed by atoms with E-state index in [0.717, 1.165) is 5.56 Å². The van der Waals surface area contributed by atoms with Crippen molar-refractivity contribution in [1.29, 1.82) is 0 Å². The average molecular weight is 278 g/mol. The van der Waals surface area contributed by atoms with Crippen molar-refractivity contribution in [1.82, 2.24) is 15.5 Å². The number of halogens is 1. The average Bonchev–Trinajstić information content (AvgIpc) is 2.40. The molecule has 1 atom stereocenters. The highest BCUT2D eigenvalue weighted by Crippen LogP contribution is 2.16. The lowest BCUT2D eigenvalue weighted by molar-refractivity contribution is 0.0933. The Hall–Kier alpha value is -2.14. The van der Waals surface area contributed by atoms with Gasteiger partial charge < -0.3 is 5.32 Å². The summed E-state index contributed by atoms with van der Waals surface area (Å²) in [6.45, 7) is 1.85. The third-order valence-electron chi connectivity index (χ3n) is 2.63. The maximum Gasteiger partial charge on any atom is 0.272 e. The van der Waals surface area contributed by atoms with Crippen LogP contribution in [0.15, 0.2) is 41.2 Å². The summed E-state index contributed by atoms with van der Waals surface area (Å²) in [5, 5.41) is 9.31. The summed E-state index contributed by atoms with van der Waals surface area (Å²) in [5.41, 5.74) is 0.755. The topological polar surface area (TPSA) is 74.8 Å². The second-order valence-corrected chi connectivity index (χ2v) is 4.49. The van der Waals surface area contributed by atoms with Gasteiger partial charge in [0, 0.05) is 11.1 Å². The van der Waals surface area contributed by atoms with E-state index in [1.807, 2.05) is 19.1 Å². The number of hydrogen-bond donors (Lipinski definition) is 2. The Bertz CT molecular complexity index is 617. The molecule has 19 heavy (non-hydrogen) atoms. The van der Waals surface area contributed by atoms with Crippen LogP contribution in [0.2, 0.25) is 5.02 Å². The largest absolute Gasteiger partial charge is 0.344 e. The van der Waals surface area contributed by atoms with Crippen LogP contribution >= 0.6 is 11.6 Å². The van der Waals surface area contributed by atoms with Gasteiger partial charge in [0.25, 0.3) is 11.5 Å². The normalized spacial score (nSPS) is 11.9. The molecule has 2 aromatic rings. The van der Waals surface area contributed by atoms with Crippen molar-refractivity contribution < 1.29 is 4.79 Å². The number of rotatable bonds is 3. The zero-order valence-corrected chi connectivity index (χ0v) is 10.9. The maximum atomic E-state index is 11.9. The number of carbonyl (C=O) groups excluding carboxylic acids is 1. The molecule has 0 aliphatic carbocycles. The molecule has 0 spiro atoms.